The van der Waals surface area contributed by atoms with E-state index in [1.807, 2.05) is 6.07 Å². The molecule has 1 saturated heterocycles. The smallest absolute Gasteiger partial charge is 0.231 e. The van der Waals surface area contributed by atoms with Crippen LogP contribution in [0, 0.1) is 11.8 Å². The summed E-state index contributed by atoms with van der Waals surface area (Å²) in [6.07, 6.45) is 10.9. The maximum absolute atomic E-state index is 10.9. The van der Waals surface area contributed by atoms with Crippen molar-refractivity contribution in [2.75, 3.05) is 19.6 Å². The van der Waals surface area contributed by atoms with Crippen molar-refractivity contribution in [2.45, 2.75) is 83.8 Å². The summed E-state index contributed by atoms with van der Waals surface area (Å²) >= 11 is 1.86. The molecule has 0 amide bonds. The molecular weight excluding hydrogens is 476 g/mol. The first-order chi connectivity index (χ1) is 14.9. The van der Waals surface area contributed by atoms with Gasteiger partial charge < -0.3 is 9.64 Å². The monoisotopic (exact) mass is 514 g/mol. The minimum atomic E-state index is -1.87. The van der Waals surface area contributed by atoms with E-state index in [4.69, 9.17) is 9.29 Å². The molecule has 1 unspecified atom stereocenters. The fourth-order valence-corrected chi connectivity index (χ4v) is 6.02. The van der Waals surface area contributed by atoms with Gasteiger partial charge in [0.2, 0.25) is 11.3 Å². The maximum atomic E-state index is 10.9. The van der Waals surface area contributed by atoms with Gasteiger partial charge in [-0.25, -0.2) is 8.93 Å². The van der Waals surface area contributed by atoms with Crippen LogP contribution < -0.4 is 9.46 Å². The molecule has 0 radical (unpaired) electrons. The third kappa shape index (κ3) is 8.77. The molecule has 1 aromatic rings. The molecule has 1 heterocycles. The number of ether oxygens (including phenoxy) is 1. The second kappa shape index (κ2) is 12.7. The topological polar surface area (TPSA) is 61.8 Å². The van der Waals surface area contributed by atoms with Crippen LogP contribution in [0.5, 0.6) is 5.75 Å². The molecule has 0 spiro atoms. The number of rotatable bonds is 10. The third-order valence-electron chi connectivity index (χ3n) is 6.81. The quantitative estimate of drug-likeness (QED) is 0.401. The Hall–Kier alpha value is -0.470. The molecule has 2 aliphatic rings. The SMILES string of the molecule is CC(C)Oc1ccc(Br)c(CC2CCN(CCCC3CCC(NS(=O)O)CC3)CC2)c1. The summed E-state index contributed by atoms with van der Waals surface area (Å²) < 4.78 is 29.7. The van der Waals surface area contributed by atoms with E-state index in [1.54, 1.807) is 0 Å². The number of hydrogen-bond donors (Lipinski definition) is 2. The van der Waals surface area contributed by atoms with E-state index in [-0.39, 0.29) is 12.1 Å². The van der Waals surface area contributed by atoms with Gasteiger partial charge in [0.25, 0.3) is 0 Å². The number of benzene rings is 1. The molecule has 1 saturated carbocycles. The Morgan fingerprint density at radius 2 is 1.87 bits per heavy atom. The van der Waals surface area contributed by atoms with Crippen LogP contribution >= 0.6 is 15.9 Å². The predicted molar refractivity (Wildman–Crippen MR) is 132 cm³/mol. The first-order valence-electron chi connectivity index (χ1n) is 11.9. The van der Waals surface area contributed by atoms with Crippen LogP contribution in [0.15, 0.2) is 22.7 Å². The summed E-state index contributed by atoms with van der Waals surface area (Å²) in [5.74, 6) is 2.52. The van der Waals surface area contributed by atoms with E-state index in [2.05, 4.69) is 51.5 Å². The Labute approximate surface area is 199 Å². The number of nitrogens with one attached hydrogen (secondary N) is 1. The highest BCUT2D eigenvalue weighted by molar-refractivity contribution is 9.10. The molecule has 176 valence electrons. The molecule has 31 heavy (non-hydrogen) atoms. The first-order valence-corrected chi connectivity index (χ1v) is 13.8. The highest BCUT2D eigenvalue weighted by atomic mass is 79.9. The molecule has 3 rings (SSSR count). The van der Waals surface area contributed by atoms with Gasteiger partial charge in [-0.3, -0.25) is 4.55 Å². The van der Waals surface area contributed by atoms with E-state index in [1.165, 1.54) is 68.2 Å². The van der Waals surface area contributed by atoms with Gasteiger partial charge >= 0.3 is 0 Å². The summed E-state index contributed by atoms with van der Waals surface area (Å²) in [6.45, 7) is 7.78. The largest absolute Gasteiger partial charge is 0.491 e. The van der Waals surface area contributed by atoms with Gasteiger partial charge in [0.15, 0.2) is 0 Å². The summed E-state index contributed by atoms with van der Waals surface area (Å²) in [7, 11) is 0. The predicted octanol–water partition coefficient (Wildman–Crippen LogP) is 5.56. The minimum absolute atomic E-state index is 0.204. The summed E-state index contributed by atoms with van der Waals surface area (Å²) in [5, 5.41) is 0. The van der Waals surface area contributed by atoms with Crippen molar-refractivity contribution in [1.82, 2.24) is 9.62 Å². The van der Waals surface area contributed by atoms with Gasteiger partial charge in [-0.1, -0.05) is 15.9 Å². The molecule has 5 nitrogen and oxygen atoms in total. The van der Waals surface area contributed by atoms with Gasteiger partial charge in [0.05, 0.1) is 6.10 Å². The van der Waals surface area contributed by atoms with Gasteiger partial charge in [-0.15, -0.1) is 0 Å². The van der Waals surface area contributed by atoms with Crippen molar-refractivity contribution in [1.29, 1.82) is 0 Å². The Morgan fingerprint density at radius 1 is 1.16 bits per heavy atom. The number of likely N-dealkylation sites (tertiary alicyclic amines) is 1. The highest BCUT2D eigenvalue weighted by Gasteiger charge is 2.23. The van der Waals surface area contributed by atoms with Crippen LogP contribution in [-0.2, 0) is 17.7 Å². The number of nitrogens with zero attached hydrogens (tertiary/aromatic N) is 1. The Morgan fingerprint density at radius 3 is 2.52 bits per heavy atom. The lowest BCUT2D eigenvalue weighted by Crippen LogP contribution is -2.36. The first kappa shape index (κ1) is 25.2. The van der Waals surface area contributed by atoms with Crippen LogP contribution in [0.4, 0.5) is 0 Å². The van der Waals surface area contributed by atoms with Crippen molar-refractivity contribution >= 4 is 27.2 Å². The van der Waals surface area contributed by atoms with Crippen LogP contribution in [0.25, 0.3) is 0 Å². The number of halogens is 1. The lowest BCUT2D eigenvalue weighted by molar-refractivity contribution is 0.174. The van der Waals surface area contributed by atoms with Crippen LogP contribution in [-0.4, -0.2) is 45.4 Å². The fourth-order valence-electron chi connectivity index (χ4n) is 5.09. The van der Waals surface area contributed by atoms with Crippen molar-refractivity contribution in [3.05, 3.63) is 28.2 Å². The van der Waals surface area contributed by atoms with E-state index >= 15 is 0 Å². The molecule has 1 atom stereocenters. The fraction of sp³-hybridized carbons (Fsp3) is 0.750. The summed E-state index contributed by atoms with van der Waals surface area (Å²) in [6, 6.07) is 6.60. The third-order valence-corrected chi connectivity index (χ3v) is 8.11. The Bertz CT molecular complexity index is 702. The second-order valence-electron chi connectivity index (χ2n) is 9.64. The molecule has 1 aliphatic carbocycles. The van der Waals surface area contributed by atoms with E-state index in [9.17, 15) is 4.21 Å². The highest BCUT2D eigenvalue weighted by Crippen LogP contribution is 2.30. The second-order valence-corrected chi connectivity index (χ2v) is 11.2. The summed E-state index contributed by atoms with van der Waals surface area (Å²) in [4.78, 5) is 2.64. The molecule has 0 aromatic heterocycles. The summed E-state index contributed by atoms with van der Waals surface area (Å²) in [5.41, 5.74) is 1.37. The average molecular weight is 516 g/mol. The van der Waals surface area contributed by atoms with Crippen molar-refractivity contribution in [3.63, 3.8) is 0 Å². The molecule has 7 heteroatoms. The number of hydrogen-bond acceptors (Lipinski definition) is 3. The zero-order valence-corrected chi connectivity index (χ0v) is 21.4. The lowest BCUT2D eigenvalue weighted by atomic mass is 9.83. The molecule has 0 bridgehead atoms. The number of piperidine rings is 1. The molecule has 1 aromatic carbocycles. The zero-order valence-electron chi connectivity index (χ0n) is 19.0. The maximum Gasteiger partial charge on any atom is 0.231 e. The molecule has 1 aliphatic heterocycles. The van der Waals surface area contributed by atoms with E-state index < -0.39 is 11.3 Å². The van der Waals surface area contributed by atoms with E-state index in [0.717, 1.165) is 36.8 Å². The van der Waals surface area contributed by atoms with Crippen molar-refractivity contribution < 1.29 is 13.5 Å². The van der Waals surface area contributed by atoms with Crippen molar-refractivity contribution in [2.24, 2.45) is 11.8 Å². The Balaban J connectivity index is 1.33. The minimum Gasteiger partial charge on any atom is -0.491 e. The van der Waals surface area contributed by atoms with E-state index in [0.29, 0.717) is 0 Å². The zero-order chi connectivity index (χ0) is 22.2. The molecule has 2 N–H and O–H groups in total. The van der Waals surface area contributed by atoms with Gasteiger partial charge in [-0.05, 0) is 127 Å². The van der Waals surface area contributed by atoms with Crippen LogP contribution in [0.3, 0.4) is 0 Å². The van der Waals surface area contributed by atoms with Gasteiger partial charge in [0, 0.05) is 10.5 Å². The molecular formula is C24H39BrN2O3S. The van der Waals surface area contributed by atoms with Crippen LogP contribution in [0.1, 0.15) is 70.8 Å². The Kier molecular flexibility index (Phi) is 10.3. The van der Waals surface area contributed by atoms with Crippen LogP contribution in [0.2, 0.25) is 0 Å². The average Bonchev–Trinajstić information content (AvgIpc) is 2.72. The standard InChI is InChI=1S/C24H39BrN2O3S/c1-18(2)30-23-9-10-24(25)21(17-23)16-20-11-14-27(15-12-20)13-3-4-19-5-7-22(8-6-19)26-31(28)29/h9-10,17-20,22,26H,3-8,11-16H2,1-2H3,(H,28,29). The van der Waals surface area contributed by atoms with Gasteiger partial charge in [0.1, 0.15) is 5.75 Å². The van der Waals surface area contributed by atoms with Crippen molar-refractivity contribution in [3.8, 4) is 5.75 Å². The molecule has 2 fully saturated rings. The van der Waals surface area contributed by atoms with Gasteiger partial charge in [-0.2, -0.15) is 0 Å². The normalized spacial score (nSPS) is 24.4. The lowest BCUT2D eigenvalue weighted by Gasteiger charge is -2.33.